The van der Waals surface area contributed by atoms with Crippen molar-refractivity contribution in [2.24, 2.45) is 0 Å². The summed E-state index contributed by atoms with van der Waals surface area (Å²) < 4.78 is 10.7. The number of hydrogen-bond donors (Lipinski definition) is 1. The summed E-state index contributed by atoms with van der Waals surface area (Å²) in [7, 11) is 0. The molecule has 0 saturated carbocycles. The summed E-state index contributed by atoms with van der Waals surface area (Å²) in [4.78, 5) is 14.8. The first-order chi connectivity index (χ1) is 9.17. The molecule has 2 rings (SSSR count). The van der Waals surface area contributed by atoms with Crippen LogP contribution in [0.4, 0.5) is 0 Å². The van der Waals surface area contributed by atoms with Crippen LogP contribution in [0.15, 0.2) is 18.2 Å². The second-order valence-electron chi connectivity index (χ2n) is 4.40. The zero-order valence-corrected chi connectivity index (χ0v) is 11.6. The summed E-state index contributed by atoms with van der Waals surface area (Å²) in [5.74, 6) is 0.540. The first-order valence-corrected chi connectivity index (χ1v) is 6.59. The van der Waals surface area contributed by atoms with Gasteiger partial charge in [-0.25, -0.2) is 4.79 Å². The third-order valence-corrected chi connectivity index (χ3v) is 2.98. The second-order valence-corrected chi connectivity index (χ2v) is 4.40. The third kappa shape index (κ3) is 2.72. The van der Waals surface area contributed by atoms with Crippen LogP contribution in [-0.4, -0.2) is 24.2 Å². The Labute approximate surface area is 112 Å². The zero-order valence-electron chi connectivity index (χ0n) is 11.6. The van der Waals surface area contributed by atoms with Gasteiger partial charge in [0.1, 0.15) is 11.4 Å². The lowest BCUT2D eigenvalue weighted by molar-refractivity contribution is 0.0520. The lowest BCUT2D eigenvalue weighted by Crippen LogP contribution is -2.04. The molecule has 0 fully saturated rings. The van der Waals surface area contributed by atoms with Gasteiger partial charge in [-0.05, 0) is 38.5 Å². The van der Waals surface area contributed by atoms with Gasteiger partial charge in [0.05, 0.1) is 13.2 Å². The average molecular weight is 261 g/mol. The fourth-order valence-corrected chi connectivity index (χ4v) is 2.02. The minimum atomic E-state index is -0.325. The van der Waals surface area contributed by atoms with Gasteiger partial charge in [-0.2, -0.15) is 0 Å². The molecule has 4 nitrogen and oxygen atoms in total. The lowest BCUT2D eigenvalue weighted by atomic mass is 10.1. The minimum Gasteiger partial charge on any atom is -0.493 e. The van der Waals surface area contributed by atoms with Gasteiger partial charge in [-0.3, -0.25) is 0 Å². The lowest BCUT2D eigenvalue weighted by Gasteiger charge is -2.08. The third-order valence-electron chi connectivity index (χ3n) is 2.98. The molecule has 19 heavy (non-hydrogen) atoms. The van der Waals surface area contributed by atoms with Crippen LogP contribution in [-0.2, 0) is 4.74 Å². The Morgan fingerprint density at radius 2 is 2.11 bits per heavy atom. The average Bonchev–Trinajstić information content (AvgIpc) is 2.83. The number of esters is 1. The highest BCUT2D eigenvalue weighted by Crippen LogP contribution is 2.28. The van der Waals surface area contributed by atoms with E-state index >= 15 is 0 Å². The van der Waals surface area contributed by atoms with Crippen LogP contribution in [0.3, 0.4) is 0 Å². The molecular formula is C15H19NO3. The van der Waals surface area contributed by atoms with E-state index in [4.69, 9.17) is 9.47 Å². The van der Waals surface area contributed by atoms with E-state index in [1.54, 1.807) is 6.92 Å². The summed E-state index contributed by atoms with van der Waals surface area (Å²) >= 11 is 0. The number of nitrogens with one attached hydrogen (secondary N) is 1. The van der Waals surface area contributed by atoms with E-state index in [9.17, 15) is 4.79 Å². The molecule has 1 heterocycles. The Morgan fingerprint density at radius 1 is 1.32 bits per heavy atom. The maximum Gasteiger partial charge on any atom is 0.354 e. The summed E-state index contributed by atoms with van der Waals surface area (Å²) in [6, 6.07) is 5.68. The van der Waals surface area contributed by atoms with Crippen molar-refractivity contribution in [2.45, 2.75) is 27.2 Å². The Balaban J connectivity index is 2.37. The first-order valence-electron chi connectivity index (χ1n) is 6.59. The molecule has 0 aliphatic heterocycles. The van der Waals surface area contributed by atoms with Gasteiger partial charge in [0.15, 0.2) is 0 Å². The van der Waals surface area contributed by atoms with Gasteiger partial charge in [0.25, 0.3) is 0 Å². The highest BCUT2D eigenvalue weighted by Gasteiger charge is 2.13. The molecule has 0 bridgehead atoms. The van der Waals surface area contributed by atoms with Crippen LogP contribution in [0.25, 0.3) is 10.9 Å². The van der Waals surface area contributed by atoms with Gasteiger partial charge in [-0.15, -0.1) is 0 Å². The molecule has 0 aliphatic carbocycles. The van der Waals surface area contributed by atoms with Gasteiger partial charge in [0, 0.05) is 16.5 Å². The predicted molar refractivity (Wildman–Crippen MR) is 74.8 cm³/mol. The number of benzene rings is 1. The normalized spacial score (nSPS) is 10.7. The molecule has 0 unspecified atom stereocenters. The topological polar surface area (TPSA) is 51.3 Å². The van der Waals surface area contributed by atoms with E-state index in [1.807, 2.05) is 25.1 Å². The van der Waals surface area contributed by atoms with E-state index in [0.29, 0.717) is 18.9 Å². The van der Waals surface area contributed by atoms with Crippen LogP contribution in [0.5, 0.6) is 5.75 Å². The summed E-state index contributed by atoms with van der Waals surface area (Å²) in [5, 5.41) is 0.997. The maximum absolute atomic E-state index is 11.7. The molecule has 0 saturated heterocycles. The van der Waals surface area contributed by atoms with Crippen molar-refractivity contribution in [1.82, 2.24) is 4.98 Å². The second kappa shape index (κ2) is 5.78. The number of aromatic nitrogens is 1. The standard InChI is InChI=1S/C15H19NO3/c1-4-8-19-14-7-6-12-11(10(14)3)9-13(16-12)15(17)18-5-2/h6-7,9,16H,4-5,8H2,1-3H3. The number of H-pyrrole nitrogens is 1. The summed E-state index contributed by atoms with van der Waals surface area (Å²) in [5.41, 5.74) is 2.44. The Morgan fingerprint density at radius 3 is 2.79 bits per heavy atom. The van der Waals surface area contributed by atoms with Crippen molar-refractivity contribution in [1.29, 1.82) is 0 Å². The molecule has 1 N–H and O–H groups in total. The smallest absolute Gasteiger partial charge is 0.354 e. The Kier molecular flexibility index (Phi) is 4.10. The van der Waals surface area contributed by atoms with Gasteiger partial charge in [-0.1, -0.05) is 6.92 Å². The number of carbonyl (C=O) groups excluding carboxylic acids is 1. The number of carbonyl (C=O) groups is 1. The van der Waals surface area contributed by atoms with Crippen molar-refractivity contribution < 1.29 is 14.3 Å². The molecule has 1 aromatic heterocycles. The van der Waals surface area contributed by atoms with E-state index in [0.717, 1.165) is 28.6 Å². The van der Waals surface area contributed by atoms with E-state index in [2.05, 4.69) is 11.9 Å². The predicted octanol–water partition coefficient (Wildman–Crippen LogP) is 3.44. The van der Waals surface area contributed by atoms with Gasteiger partial charge >= 0.3 is 5.97 Å². The number of rotatable bonds is 5. The zero-order chi connectivity index (χ0) is 13.8. The summed E-state index contributed by atoms with van der Waals surface area (Å²) in [6.07, 6.45) is 0.971. The van der Waals surface area contributed by atoms with E-state index in [1.165, 1.54) is 0 Å². The van der Waals surface area contributed by atoms with Crippen molar-refractivity contribution in [3.63, 3.8) is 0 Å². The van der Waals surface area contributed by atoms with E-state index in [-0.39, 0.29) is 5.97 Å². The molecule has 102 valence electrons. The van der Waals surface area contributed by atoms with Gasteiger partial charge in [0.2, 0.25) is 0 Å². The molecule has 0 amide bonds. The molecule has 0 aliphatic rings. The molecule has 1 aromatic carbocycles. The van der Waals surface area contributed by atoms with Crippen molar-refractivity contribution in [3.8, 4) is 5.75 Å². The SMILES string of the molecule is CCCOc1ccc2[nH]c(C(=O)OCC)cc2c1C. The minimum absolute atomic E-state index is 0.325. The number of hydrogen-bond acceptors (Lipinski definition) is 3. The number of aromatic amines is 1. The largest absolute Gasteiger partial charge is 0.493 e. The molecular weight excluding hydrogens is 242 g/mol. The van der Waals surface area contributed by atoms with Gasteiger partial charge < -0.3 is 14.5 Å². The first kappa shape index (κ1) is 13.5. The number of ether oxygens (including phenoxy) is 2. The van der Waals surface area contributed by atoms with Crippen LogP contribution in [0, 0.1) is 6.92 Å². The van der Waals surface area contributed by atoms with Crippen LogP contribution in [0.1, 0.15) is 36.3 Å². The number of aryl methyl sites for hydroxylation is 1. The van der Waals surface area contributed by atoms with Crippen molar-refractivity contribution in [2.75, 3.05) is 13.2 Å². The molecule has 4 heteroatoms. The summed E-state index contributed by atoms with van der Waals surface area (Å²) in [6.45, 7) is 6.93. The van der Waals surface area contributed by atoms with E-state index < -0.39 is 0 Å². The van der Waals surface area contributed by atoms with Crippen LogP contribution in [0.2, 0.25) is 0 Å². The highest BCUT2D eigenvalue weighted by atomic mass is 16.5. The van der Waals surface area contributed by atoms with Crippen molar-refractivity contribution in [3.05, 3.63) is 29.5 Å². The molecule has 2 aromatic rings. The Bertz CT molecular complexity index is 586. The fraction of sp³-hybridized carbons (Fsp3) is 0.400. The quantitative estimate of drug-likeness (QED) is 0.839. The fourth-order valence-electron chi connectivity index (χ4n) is 2.02. The maximum atomic E-state index is 11.7. The van der Waals surface area contributed by atoms with Crippen LogP contribution < -0.4 is 4.74 Å². The number of fused-ring (bicyclic) bond motifs is 1. The molecule has 0 spiro atoms. The van der Waals surface area contributed by atoms with Crippen LogP contribution >= 0.6 is 0 Å². The monoisotopic (exact) mass is 261 g/mol. The molecule has 0 radical (unpaired) electrons. The van der Waals surface area contributed by atoms with Crippen molar-refractivity contribution >= 4 is 16.9 Å². The molecule has 0 atom stereocenters. The highest BCUT2D eigenvalue weighted by molar-refractivity contribution is 5.96. The Hall–Kier alpha value is -1.97.